The van der Waals surface area contributed by atoms with Crippen LogP contribution in [-0.4, -0.2) is 25.0 Å². The van der Waals surface area contributed by atoms with E-state index >= 15 is 0 Å². The molecule has 0 aliphatic rings. The number of nitrogens with zero attached hydrogens (tertiary/aromatic N) is 4. The SMILES string of the molecule is Cc1c([N+](=O)[O-])/c(=N\O)c2c(=O)c([N+](=O)[O-])coc2n1O. The van der Waals surface area contributed by atoms with E-state index in [4.69, 9.17) is 9.62 Å². The van der Waals surface area contributed by atoms with Gasteiger partial charge in [-0.25, -0.2) is 0 Å². The molecule has 2 aromatic heterocycles. The first-order valence-electron chi connectivity index (χ1n) is 5.18. The van der Waals surface area contributed by atoms with Gasteiger partial charge in [-0.3, -0.25) is 25.0 Å². The zero-order chi connectivity index (χ0) is 15.9. The fourth-order valence-corrected chi connectivity index (χ4v) is 1.80. The van der Waals surface area contributed by atoms with Gasteiger partial charge in [0.05, 0.1) is 9.85 Å². The summed E-state index contributed by atoms with van der Waals surface area (Å²) in [4.78, 5) is 31.5. The Labute approximate surface area is 113 Å². The number of hydrogen-bond acceptors (Lipinski definition) is 9. The highest BCUT2D eigenvalue weighted by Crippen LogP contribution is 2.19. The first-order valence-corrected chi connectivity index (χ1v) is 5.18. The summed E-state index contributed by atoms with van der Waals surface area (Å²) in [5.41, 5.74) is -4.22. The number of aromatic nitrogens is 1. The van der Waals surface area contributed by atoms with Gasteiger partial charge in [-0.2, -0.15) is 0 Å². The van der Waals surface area contributed by atoms with E-state index in [1.165, 1.54) is 0 Å². The largest absolute Gasteiger partial charge is 0.438 e. The lowest BCUT2D eigenvalue weighted by atomic mass is 10.2. The van der Waals surface area contributed by atoms with Gasteiger partial charge in [-0.1, -0.05) is 5.16 Å². The van der Waals surface area contributed by atoms with Crippen molar-refractivity contribution in [1.29, 1.82) is 0 Å². The van der Waals surface area contributed by atoms with Crippen molar-refractivity contribution < 1.29 is 24.7 Å². The van der Waals surface area contributed by atoms with Gasteiger partial charge in [-0.05, 0) is 6.92 Å². The summed E-state index contributed by atoms with van der Waals surface area (Å²) in [6.07, 6.45) is 0.476. The monoisotopic (exact) mass is 298 g/mol. The van der Waals surface area contributed by atoms with Crippen LogP contribution in [0.25, 0.3) is 11.1 Å². The molecule has 2 aromatic rings. The van der Waals surface area contributed by atoms with E-state index in [0.717, 1.165) is 6.92 Å². The van der Waals surface area contributed by atoms with Gasteiger partial charge in [0.1, 0.15) is 11.1 Å². The number of pyridine rings is 1. The van der Waals surface area contributed by atoms with Gasteiger partial charge >= 0.3 is 11.4 Å². The third-order valence-electron chi connectivity index (χ3n) is 2.75. The number of fused-ring (bicyclic) bond motifs is 1. The number of nitro groups is 2. The molecule has 0 atom stereocenters. The molecule has 0 bridgehead atoms. The molecule has 2 heterocycles. The fourth-order valence-electron chi connectivity index (χ4n) is 1.80. The van der Waals surface area contributed by atoms with Gasteiger partial charge in [-0.15, -0.1) is 4.73 Å². The summed E-state index contributed by atoms with van der Waals surface area (Å²) >= 11 is 0. The molecule has 0 aromatic carbocycles. The molecule has 0 saturated heterocycles. The van der Waals surface area contributed by atoms with Crippen molar-refractivity contribution >= 4 is 22.5 Å². The second kappa shape index (κ2) is 4.59. The first-order chi connectivity index (χ1) is 9.81. The van der Waals surface area contributed by atoms with Crippen LogP contribution in [0.5, 0.6) is 0 Å². The zero-order valence-electron chi connectivity index (χ0n) is 10.2. The fraction of sp³-hybridized carbons (Fsp3) is 0.111. The molecule has 0 aliphatic heterocycles. The van der Waals surface area contributed by atoms with Crippen molar-refractivity contribution in [2.45, 2.75) is 6.92 Å². The van der Waals surface area contributed by atoms with Crippen LogP contribution in [0.2, 0.25) is 0 Å². The zero-order valence-corrected chi connectivity index (χ0v) is 10.2. The van der Waals surface area contributed by atoms with Crippen LogP contribution in [0.1, 0.15) is 5.69 Å². The number of hydrogen-bond donors (Lipinski definition) is 2. The van der Waals surface area contributed by atoms with Gasteiger partial charge in [0, 0.05) is 0 Å². The van der Waals surface area contributed by atoms with Crippen LogP contribution in [0.15, 0.2) is 20.6 Å². The van der Waals surface area contributed by atoms with Gasteiger partial charge < -0.3 is 14.8 Å². The summed E-state index contributed by atoms with van der Waals surface area (Å²) < 4.78 is 4.93. The van der Waals surface area contributed by atoms with Crippen molar-refractivity contribution in [3.63, 3.8) is 0 Å². The molecule has 0 spiro atoms. The van der Waals surface area contributed by atoms with Crippen molar-refractivity contribution in [3.8, 4) is 0 Å². The van der Waals surface area contributed by atoms with E-state index < -0.39 is 48.8 Å². The van der Waals surface area contributed by atoms with Crippen molar-refractivity contribution in [3.05, 3.63) is 47.8 Å². The average molecular weight is 298 g/mol. The maximum atomic E-state index is 12.0. The highest BCUT2D eigenvalue weighted by Gasteiger charge is 2.28. The Morgan fingerprint density at radius 2 is 1.95 bits per heavy atom. The number of rotatable bonds is 2. The highest BCUT2D eigenvalue weighted by molar-refractivity contribution is 5.77. The first kappa shape index (κ1) is 14.0. The van der Waals surface area contributed by atoms with Crippen LogP contribution in [0.4, 0.5) is 11.4 Å². The molecule has 0 radical (unpaired) electrons. The van der Waals surface area contributed by atoms with E-state index in [1.807, 2.05) is 0 Å². The Hall–Kier alpha value is -3.44. The molecular formula is C9H6N4O8. The molecule has 2 N–H and O–H groups in total. The maximum Gasteiger partial charge on any atom is 0.351 e. The Morgan fingerprint density at radius 3 is 2.43 bits per heavy atom. The molecule has 0 amide bonds. The Bertz CT molecular complexity index is 909. The summed E-state index contributed by atoms with van der Waals surface area (Å²) in [6.45, 7) is 1.10. The second-order valence-electron chi connectivity index (χ2n) is 3.84. The van der Waals surface area contributed by atoms with E-state index in [1.54, 1.807) is 0 Å². The minimum Gasteiger partial charge on any atom is -0.438 e. The second-order valence-corrected chi connectivity index (χ2v) is 3.84. The molecule has 0 aliphatic carbocycles. The standard InChI is InChI=1S/C9H6N4O8/c1-3-7(13(19)20)6(10-15)5-8(14)4(12(17)18)2-21-9(5)11(3)16/h2,15-16H,1H3/b10-6-. The van der Waals surface area contributed by atoms with Crippen LogP contribution in [-0.2, 0) is 0 Å². The molecule has 2 rings (SSSR count). The molecule has 0 saturated carbocycles. The molecule has 0 unspecified atom stereocenters. The van der Waals surface area contributed by atoms with Gasteiger partial charge in [0.25, 0.3) is 5.43 Å². The quantitative estimate of drug-likeness (QED) is 0.343. The van der Waals surface area contributed by atoms with Gasteiger partial charge in [0.2, 0.25) is 5.71 Å². The van der Waals surface area contributed by atoms with Crippen molar-refractivity contribution in [2.75, 3.05) is 0 Å². The lowest BCUT2D eigenvalue weighted by Crippen LogP contribution is -2.24. The topological polar surface area (TPSA) is 174 Å². The highest BCUT2D eigenvalue weighted by atomic mass is 16.6. The molecule has 12 heteroatoms. The van der Waals surface area contributed by atoms with Crippen LogP contribution in [0.3, 0.4) is 0 Å². The summed E-state index contributed by atoms with van der Waals surface area (Å²) in [7, 11) is 0. The Balaban J connectivity index is 3.23. The van der Waals surface area contributed by atoms with Crippen LogP contribution in [0, 0.1) is 27.2 Å². The predicted octanol–water partition coefficient (Wildman–Crippen LogP) is 0.247. The van der Waals surface area contributed by atoms with Crippen molar-refractivity contribution in [1.82, 2.24) is 4.73 Å². The maximum absolute atomic E-state index is 12.0. The third kappa shape index (κ3) is 1.85. The Morgan fingerprint density at radius 1 is 1.33 bits per heavy atom. The molecule has 110 valence electrons. The minimum atomic E-state index is -1.29. The summed E-state index contributed by atoms with van der Waals surface area (Å²) in [5, 5.41) is 41.3. The average Bonchev–Trinajstić information content (AvgIpc) is 2.41. The molecular weight excluding hydrogens is 292 g/mol. The third-order valence-corrected chi connectivity index (χ3v) is 2.75. The smallest absolute Gasteiger partial charge is 0.351 e. The summed E-state index contributed by atoms with van der Waals surface area (Å²) in [6, 6.07) is 0. The Kier molecular flexibility index (Phi) is 3.05. The lowest BCUT2D eigenvalue weighted by Gasteiger charge is -2.06. The van der Waals surface area contributed by atoms with E-state index in [-0.39, 0.29) is 4.73 Å². The molecule has 0 fully saturated rings. The van der Waals surface area contributed by atoms with Gasteiger partial charge in [0.15, 0.2) is 11.6 Å². The summed E-state index contributed by atoms with van der Waals surface area (Å²) in [5.74, 6) is 0. The van der Waals surface area contributed by atoms with Crippen LogP contribution < -0.4 is 10.8 Å². The predicted molar refractivity (Wildman–Crippen MR) is 63.1 cm³/mol. The van der Waals surface area contributed by atoms with E-state index in [2.05, 4.69) is 5.16 Å². The minimum absolute atomic E-state index is 0.174. The van der Waals surface area contributed by atoms with Crippen LogP contribution >= 0.6 is 0 Å². The van der Waals surface area contributed by atoms with E-state index in [9.17, 15) is 30.2 Å². The molecule has 21 heavy (non-hydrogen) atoms. The molecule has 12 nitrogen and oxygen atoms in total. The van der Waals surface area contributed by atoms with Crippen molar-refractivity contribution in [2.24, 2.45) is 5.16 Å². The van der Waals surface area contributed by atoms with E-state index in [0.29, 0.717) is 6.26 Å². The normalized spacial score (nSPS) is 11.8. The lowest BCUT2D eigenvalue weighted by molar-refractivity contribution is -0.388.